The molecule has 2 aliphatic heterocycles. The van der Waals surface area contributed by atoms with E-state index in [0.29, 0.717) is 11.3 Å². The molecule has 0 unspecified atom stereocenters. The van der Waals surface area contributed by atoms with E-state index in [2.05, 4.69) is 27.5 Å². The molecule has 2 amide bonds. The van der Waals surface area contributed by atoms with Crippen molar-refractivity contribution in [3.8, 4) is 0 Å². The molecule has 2 atom stereocenters. The molecule has 0 radical (unpaired) electrons. The second-order valence-electron chi connectivity index (χ2n) is 5.97. The first-order valence-corrected chi connectivity index (χ1v) is 11.5. The van der Waals surface area contributed by atoms with Gasteiger partial charge >= 0.3 is 0 Å². The Morgan fingerprint density at radius 2 is 2.11 bits per heavy atom. The molecule has 1 aromatic carbocycles. The quantitative estimate of drug-likeness (QED) is 0.394. The minimum absolute atomic E-state index is 0.215. The highest BCUT2D eigenvalue weighted by Crippen LogP contribution is 2.44. The highest BCUT2D eigenvalue weighted by Gasteiger charge is 2.53. The van der Waals surface area contributed by atoms with Crippen LogP contribution >= 0.6 is 47.7 Å². The summed E-state index contributed by atoms with van der Waals surface area (Å²) in [6, 6.07) is 8.94. The van der Waals surface area contributed by atoms with Crippen molar-refractivity contribution in [3.05, 3.63) is 47.1 Å². The van der Waals surface area contributed by atoms with Crippen LogP contribution in [0.4, 0.5) is 0 Å². The van der Waals surface area contributed by atoms with Gasteiger partial charge in [-0.1, -0.05) is 35.3 Å². The first-order chi connectivity index (χ1) is 13.6. The number of β-lactam (4-membered cyclic amide) rings is 1. The first kappa shape index (κ1) is 19.5. The van der Waals surface area contributed by atoms with Gasteiger partial charge in [0.05, 0.1) is 16.8 Å². The third-order valence-electron chi connectivity index (χ3n) is 4.26. The summed E-state index contributed by atoms with van der Waals surface area (Å²) in [5, 5.41) is 5.80. The average Bonchev–Trinajstić information content (AvgIpc) is 3.24. The van der Waals surface area contributed by atoms with E-state index in [-0.39, 0.29) is 28.6 Å². The number of hydrogen-bond acceptors (Lipinski definition) is 8. The van der Waals surface area contributed by atoms with Gasteiger partial charge in [-0.25, -0.2) is 0 Å². The minimum Gasteiger partial charge on any atom is -0.341 e. The summed E-state index contributed by atoms with van der Waals surface area (Å²) in [4.78, 5) is 40.2. The van der Waals surface area contributed by atoms with Crippen LogP contribution in [-0.4, -0.2) is 54.3 Å². The number of nitrogens with one attached hydrogen (secondary N) is 1. The Balaban J connectivity index is 1.44. The Morgan fingerprint density at radius 3 is 2.79 bits per heavy atom. The molecule has 0 saturated carbocycles. The fraction of sp³-hybridized carbons (Fsp3) is 0.235. The Morgan fingerprint density at radius 1 is 1.32 bits per heavy atom. The molecule has 0 bridgehead atoms. The lowest BCUT2D eigenvalue weighted by molar-refractivity contribution is -0.146. The summed E-state index contributed by atoms with van der Waals surface area (Å²) in [5.41, 5.74) is 0.960. The topological polar surface area (TPSA) is 92.3 Å². The van der Waals surface area contributed by atoms with E-state index in [9.17, 15) is 14.4 Å². The third-order valence-corrected chi connectivity index (χ3v) is 7.49. The molecule has 0 spiro atoms. The van der Waals surface area contributed by atoms with Crippen molar-refractivity contribution in [1.82, 2.24) is 19.8 Å². The second-order valence-corrected chi connectivity index (χ2v) is 9.32. The summed E-state index contributed by atoms with van der Waals surface area (Å²) in [7, 11) is 0. The van der Waals surface area contributed by atoms with E-state index in [1.165, 1.54) is 40.0 Å². The second kappa shape index (κ2) is 8.27. The number of hydrogen-bond donors (Lipinski definition) is 2. The smallest absolute Gasteiger partial charge is 0.253 e. The van der Waals surface area contributed by atoms with E-state index < -0.39 is 11.2 Å². The van der Waals surface area contributed by atoms with Gasteiger partial charge in [-0.05, 0) is 23.7 Å². The zero-order valence-corrected chi connectivity index (χ0v) is 17.6. The average molecular weight is 451 g/mol. The fourth-order valence-corrected chi connectivity index (χ4v) is 5.97. The third kappa shape index (κ3) is 3.71. The van der Waals surface area contributed by atoms with Gasteiger partial charge in [0.25, 0.3) is 5.91 Å². The number of thioether (sulfide) groups is 2. The Hall–Kier alpha value is -1.82. The number of benzene rings is 1. The lowest BCUT2D eigenvalue weighted by Crippen LogP contribution is -2.70. The molecule has 7 nitrogen and oxygen atoms in total. The van der Waals surface area contributed by atoms with Crippen molar-refractivity contribution in [1.29, 1.82) is 0 Å². The lowest BCUT2D eigenvalue weighted by atomic mass is 10.0. The van der Waals surface area contributed by atoms with Gasteiger partial charge in [-0.3, -0.25) is 19.3 Å². The Kier molecular flexibility index (Phi) is 5.76. The number of amides is 2. The van der Waals surface area contributed by atoms with E-state index in [1.54, 1.807) is 6.20 Å². The van der Waals surface area contributed by atoms with E-state index in [0.717, 1.165) is 9.77 Å². The molecule has 11 heteroatoms. The van der Waals surface area contributed by atoms with Gasteiger partial charge in [0, 0.05) is 16.2 Å². The van der Waals surface area contributed by atoms with Crippen molar-refractivity contribution in [3.63, 3.8) is 0 Å². The van der Waals surface area contributed by atoms with Gasteiger partial charge in [-0.2, -0.15) is 0 Å². The van der Waals surface area contributed by atoms with Crippen LogP contribution in [0, 0.1) is 0 Å². The molecule has 2 aliphatic rings. The predicted octanol–water partition coefficient (Wildman–Crippen LogP) is 1.90. The summed E-state index contributed by atoms with van der Waals surface area (Å²) in [6.45, 7) is 0. The van der Waals surface area contributed by atoms with Crippen molar-refractivity contribution in [2.45, 2.75) is 16.3 Å². The van der Waals surface area contributed by atoms with Crippen molar-refractivity contribution in [2.75, 3.05) is 11.5 Å². The number of thiol groups is 1. The molecule has 2 aromatic rings. The van der Waals surface area contributed by atoms with Gasteiger partial charge in [0.1, 0.15) is 17.1 Å². The molecule has 1 N–H and O–H groups in total. The summed E-state index contributed by atoms with van der Waals surface area (Å²) >= 11 is 8.03. The van der Waals surface area contributed by atoms with Crippen LogP contribution in [0.5, 0.6) is 0 Å². The zero-order chi connectivity index (χ0) is 19.7. The molecule has 0 aliphatic carbocycles. The Bertz CT molecular complexity index is 949. The van der Waals surface area contributed by atoms with Crippen molar-refractivity contribution in [2.24, 2.45) is 0 Å². The molecule has 3 heterocycles. The van der Waals surface area contributed by atoms with Gasteiger partial charge in [0.15, 0.2) is 0 Å². The number of aromatic nitrogens is 2. The summed E-state index contributed by atoms with van der Waals surface area (Å²) in [6.07, 6.45) is 1.57. The van der Waals surface area contributed by atoms with Gasteiger partial charge in [0.2, 0.25) is 11.0 Å². The maximum atomic E-state index is 12.7. The number of rotatable bonds is 6. The van der Waals surface area contributed by atoms with Crippen molar-refractivity contribution >= 4 is 70.2 Å². The molecule has 144 valence electrons. The molecule has 1 fully saturated rings. The molecule has 1 aromatic heterocycles. The van der Waals surface area contributed by atoms with E-state index in [1.807, 2.05) is 30.3 Å². The van der Waals surface area contributed by atoms with Crippen LogP contribution in [0.1, 0.15) is 4.88 Å². The van der Waals surface area contributed by atoms with Gasteiger partial charge < -0.3 is 5.32 Å². The fourth-order valence-electron chi connectivity index (χ4n) is 2.99. The summed E-state index contributed by atoms with van der Waals surface area (Å²) < 4.78 is 3.82. The number of carbonyl (C=O) groups is 3. The van der Waals surface area contributed by atoms with Crippen LogP contribution < -0.4 is 5.32 Å². The van der Waals surface area contributed by atoms with E-state index in [4.69, 9.17) is 0 Å². The van der Waals surface area contributed by atoms with Crippen LogP contribution in [0.15, 0.2) is 47.1 Å². The predicted molar refractivity (Wildman–Crippen MR) is 113 cm³/mol. The standard InChI is InChI=1S/C17H14N4O3S4/c22-12(8-26-9-4-2-1-3-5-9)19-13-15(23)21-14(17(24)25)10(7-27-16(13)21)11-6-18-20-28-11/h1-6,13,16H,7-8H2,(H,19,22)(H,24,25)/t13-,16-/m1/s1. The van der Waals surface area contributed by atoms with Crippen molar-refractivity contribution < 1.29 is 14.4 Å². The van der Waals surface area contributed by atoms with E-state index >= 15 is 0 Å². The molecule has 1 saturated heterocycles. The zero-order valence-electron chi connectivity index (χ0n) is 14.3. The lowest BCUT2D eigenvalue weighted by Gasteiger charge is -2.49. The number of nitrogens with zero attached hydrogens (tertiary/aromatic N) is 3. The number of carbonyl (C=O) groups excluding carboxylic acids is 3. The monoisotopic (exact) mass is 450 g/mol. The maximum absolute atomic E-state index is 12.7. The maximum Gasteiger partial charge on any atom is 0.253 e. The normalized spacial score (nSPS) is 21.2. The SMILES string of the molecule is O=C(CSc1ccccc1)N[C@@H]1C(=O)N2C(C(=O)S)=C(c3cnns3)CS[C@H]12. The number of fused-ring (bicyclic) bond motifs is 1. The highest BCUT2D eigenvalue weighted by atomic mass is 32.2. The minimum atomic E-state index is -0.641. The highest BCUT2D eigenvalue weighted by molar-refractivity contribution is 8.00. The summed E-state index contributed by atoms with van der Waals surface area (Å²) in [5.74, 6) is 0.220. The van der Waals surface area contributed by atoms with Crippen LogP contribution in [0.25, 0.3) is 5.57 Å². The molecular weight excluding hydrogens is 436 g/mol. The molecule has 4 rings (SSSR count). The largest absolute Gasteiger partial charge is 0.341 e. The first-order valence-electron chi connectivity index (χ1n) is 8.22. The molecule has 28 heavy (non-hydrogen) atoms. The Labute approximate surface area is 178 Å². The van der Waals surface area contributed by atoms with Crippen LogP contribution in [0.3, 0.4) is 0 Å². The molecular formula is C17H14N4O3S4. The van der Waals surface area contributed by atoms with Crippen LogP contribution in [0.2, 0.25) is 0 Å². The van der Waals surface area contributed by atoms with Crippen LogP contribution in [-0.2, 0) is 14.4 Å². The van der Waals surface area contributed by atoms with Gasteiger partial charge in [-0.15, -0.1) is 28.6 Å².